The number of hydrogen-bond acceptors (Lipinski definition) is 6. The van der Waals surface area contributed by atoms with E-state index in [9.17, 15) is 23.4 Å². The molecule has 4 rings (SSSR count). The third-order valence-electron chi connectivity index (χ3n) is 7.44. The number of piperidine rings is 1. The van der Waals surface area contributed by atoms with E-state index in [0.29, 0.717) is 39.8 Å². The maximum absolute atomic E-state index is 12.9. The van der Waals surface area contributed by atoms with Crippen molar-refractivity contribution in [2.75, 3.05) is 39.1 Å². The molecule has 0 radical (unpaired) electrons. The van der Waals surface area contributed by atoms with Gasteiger partial charge in [-0.25, -0.2) is 0 Å². The molecule has 2 aromatic carbocycles. The number of rotatable bonds is 10. The molecule has 10 heteroatoms. The van der Waals surface area contributed by atoms with E-state index in [0.717, 1.165) is 49.4 Å². The quantitative estimate of drug-likeness (QED) is 0.269. The van der Waals surface area contributed by atoms with Crippen LogP contribution >= 0.6 is 23.4 Å². The van der Waals surface area contributed by atoms with Crippen molar-refractivity contribution < 1.29 is 28.1 Å². The molecule has 1 aromatic heterocycles. The Kier molecular flexibility index (Phi) is 9.47. The smallest absolute Gasteiger partial charge is 0.416 e. The van der Waals surface area contributed by atoms with E-state index < -0.39 is 17.8 Å². The predicted octanol–water partition coefficient (Wildman–Crippen LogP) is 6.60. The SMILES string of the molecule is COc1ccc2ncc(Cl)c(C(O)CCC3(CO)CCN(CCSc4cccc(C(F)(F)F)c4)CC3)c2c1. The second-order valence-corrected chi connectivity index (χ2v) is 11.4. The highest BCUT2D eigenvalue weighted by molar-refractivity contribution is 7.99. The highest BCUT2D eigenvalue weighted by Crippen LogP contribution is 2.40. The molecule has 1 aliphatic rings. The van der Waals surface area contributed by atoms with Gasteiger partial charge >= 0.3 is 6.18 Å². The van der Waals surface area contributed by atoms with Crippen LogP contribution in [0.25, 0.3) is 10.9 Å². The Morgan fingerprint density at radius 2 is 1.95 bits per heavy atom. The van der Waals surface area contributed by atoms with Crippen LogP contribution in [-0.4, -0.2) is 59.2 Å². The normalized spacial score (nSPS) is 17.0. The van der Waals surface area contributed by atoms with Gasteiger partial charge in [0.15, 0.2) is 0 Å². The lowest BCUT2D eigenvalue weighted by molar-refractivity contribution is -0.137. The summed E-state index contributed by atoms with van der Waals surface area (Å²) < 4.78 is 44.2. The van der Waals surface area contributed by atoms with Crippen molar-refractivity contribution in [1.82, 2.24) is 9.88 Å². The van der Waals surface area contributed by atoms with Crippen molar-refractivity contribution in [2.24, 2.45) is 5.41 Å². The second kappa shape index (κ2) is 12.4. The minimum absolute atomic E-state index is 0.0329. The molecule has 1 aliphatic heterocycles. The first-order valence-corrected chi connectivity index (χ1v) is 13.9. The lowest BCUT2D eigenvalue weighted by atomic mass is 9.74. The maximum Gasteiger partial charge on any atom is 0.416 e. The molecule has 1 fully saturated rings. The first kappa shape index (κ1) is 29.0. The molecule has 0 spiro atoms. The third-order valence-corrected chi connectivity index (χ3v) is 8.71. The summed E-state index contributed by atoms with van der Waals surface area (Å²) in [5.41, 5.74) is 0.416. The van der Waals surface area contributed by atoms with Crippen molar-refractivity contribution >= 4 is 34.3 Å². The van der Waals surface area contributed by atoms with E-state index in [2.05, 4.69) is 9.88 Å². The highest BCUT2D eigenvalue weighted by Gasteiger charge is 2.35. The van der Waals surface area contributed by atoms with E-state index in [1.807, 2.05) is 18.2 Å². The molecule has 1 saturated heterocycles. The van der Waals surface area contributed by atoms with Gasteiger partial charge in [-0.2, -0.15) is 13.2 Å². The van der Waals surface area contributed by atoms with Gasteiger partial charge in [0.25, 0.3) is 0 Å². The molecule has 38 heavy (non-hydrogen) atoms. The minimum atomic E-state index is -4.34. The average molecular weight is 569 g/mol. The molecular weight excluding hydrogens is 537 g/mol. The zero-order valence-corrected chi connectivity index (χ0v) is 22.7. The molecule has 0 saturated carbocycles. The number of methoxy groups -OCH3 is 1. The van der Waals surface area contributed by atoms with Crippen LogP contribution in [0.4, 0.5) is 13.2 Å². The van der Waals surface area contributed by atoms with Crippen molar-refractivity contribution in [2.45, 2.75) is 42.9 Å². The number of alkyl halides is 3. The van der Waals surface area contributed by atoms with E-state index in [4.69, 9.17) is 16.3 Å². The Morgan fingerprint density at radius 3 is 2.63 bits per heavy atom. The summed E-state index contributed by atoms with van der Waals surface area (Å²) in [6.07, 6.45) is -0.958. The van der Waals surface area contributed by atoms with Crippen LogP contribution < -0.4 is 4.74 Å². The van der Waals surface area contributed by atoms with Crippen molar-refractivity contribution in [3.05, 3.63) is 64.8 Å². The number of benzene rings is 2. The topological polar surface area (TPSA) is 65.8 Å². The van der Waals surface area contributed by atoms with E-state index in [1.165, 1.54) is 23.9 Å². The zero-order chi connectivity index (χ0) is 27.3. The third kappa shape index (κ3) is 6.93. The van der Waals surface area contributed by atoms with Gasteiger partial charge in [0, 0.05) is 40.9 Å². The zero-order valence-electron chi connectivity index (χ0n) is 21.2. The molecule has 2 heterocycles. The predicted molar refractivity (Wildman–Crippen MR) is 145 cm³/mol. The molecule has 0 aliphatic carbocycles. The number of ether oxygens (including phenoxy) is 1. The van der Waals surface area contributed by atoms with Crippen LogP contribution in [-0.2, 0) is 6.18 Å². The molecule has 0 amide bonds. The fraction of sp³-hybridized carbons (Fsp3) is 0.464. The Labute approximate surface area is 230 Å². The standard InChI is InChI=1S/C28H32ClF3N2O3S/c1-37-20-5-6-24-22(16-20)26(23(29)17-33-24)25(36)7-8-27(18-35)9-11-34(12-10-27)13-14-38-21-4-2-3-19(15-21)28(30,31)32/h2-6,15-17,25,35-36H,7-14,18H2,1H3. The number of aromatic nitrogens is 1. The summed E-state index contributed by atoms with van der Waals surface area (Å²) in [6, 6.07) is 10.9. The van der Waals surface area contributed by atoms with Crippen LogP contribution in [0.3, 0.4) is 0 Å². The summed E-state index contributed by atoms with van der Waals surface area (Å²) in [7, 11) is 1.58. The number of likely N-dealkylation sites (tertiary alicyclic amines) is 1. The van der Waals surface area contributed by atoms with E-state index >= 15 is 0 Å². The summed E-state index contributed by atoms with van der Waals surface area (Å²) in [6.45, 7) is 2.36. The van der Waals surface area contributed by atoms with Crippen molar-refractivity contribution in [1.29, 1.82) is 0 Å². The number of aliphatic hydroxyl groups excluding tert-OH is 2. The van der Waals surface area contributed by atoms with Gasteiger partial charge in [0.05, 0.1) is 29.3 Å². The van der Waals surface area contributed by atoms with Crippen molar-refractivity contribution in [3.63, 3.8) is 0 Å². The summed E-state index contributed by atoms with van der Waals surface area (Å²) in [5.74, 6) is 1.34. The van der Waals surface area contributed by atoms with Crippen LogP contribution in [0.1, 0.15) is 42.9 Å². The number of hydrogen-bond donors (Lipinski definition) is 2. The highest BCUT2D eigenvalue weighted by atomic mass is 35.5. The molecule has 0 bridgehead atoms. The van der Waals surface area contributed by atoms with Gasteiger partial charge in [-0.05, 0) is 80.6 Å². The lowest BCUT2D eigenvalue weighted by Crippen LogP contribution is -2.43. The summed E-state index contributed by atoms with van der Waals surface area (Å²) in [5, 5.41) is 22.5. The van der Waals surface area contributed by atoms with Gasteiger partial charge in [-0.3, -0.25) is 4.98 Å². The van der Waals surface area contributed by atoms with Gasteiger partial charge in [0.2, 0.25) is 0 Å². The van der Waals surface area contributed by atoms with Gasteiger partial charge in [-0.15, -0.1) is 11.8 Å². The molecule has 1 atom stereocenters. The molecular formula is C28H32ClF3N2O3S. The number of halogens is 4. The van der Waals surface area contributed by atoms with Gasteiger partial charge in [0.1, 0.15) is 5.75 Å². The Bertz CT molecular complexity index is 1240. The Hall–Kier alpha value is -2.04. The fourth-order valence-corrected chi connectivity index (χ4v) is 6.26. The van der Waals surface area contributed by atoms with Gasteiger partial charge in [-0.1, -0.05) is 17.7 Å². The fourth-order valence-electron chi connectivity index (χ4n) is 5.01. The molecule has 5 nitrogen and oxygen atoms in total. The first-order chi connectivity index (χ1) is 18.1. The Balaban J connectivity index is 1.31. The number of pyridine rings is 1. The van der Waals surface area contributed by atoms with E-state index in [1.54, 1.807) is 19.4 Å². The van der Waals surface area contributed by atoms with Crippen LogP contribution in [0.5, 0.6) is 5.75 Å². The summed E-state index contributed by atoms with van der Waals surface area (Å²) in [4.78, 5) is 7.24. The Morgan fingerprint density at radius 1 is 1.18 bits per heavy atom. The number of fused-ring (bicyclic) bond motifs is 1. The number of aliphatic hydroxyl groups is 2. The second-order valence-electron chi connectivity index (χ2n) is 9.83. The number of thioether (sulfide) groups is 1. The molecule has 3 aromatic rings. The van der Waals surface area contributed by atoms with Crippen LogP contribution in [0, 0.1) is 5.41 Å². The summed E-state index contributed by atoms with van der Waals surface area (Å²) >= 11 is 7.87. The average Bonchev–Trinajstić information content (AvgIpc) is 2.92. The largest absolute Gasteiger partial charge is 0.497 e. The first-order valence-electron chi connectivity index (χ1n) is 12.6. The lowest BCUT2D eigenvalue weighted by Gasteiger charge is -2.41. The van der Waals surface area contributed by atoms with Crippen LogP contribution in [0.2, 0.25) is 5.02 Å². The van der Waals surface area contributed by atoms with E-state index in [-0.39, 0.29) is 12.0 Å². The minimum Gasteiger partial charge on any atom is -0.497 e. The maximum atomic E-state index is 12.9. The molecule has 206 valence electrons. The monoisotopic (exact) mass is 568 g/mol. The van der Waals surface area contributed by atoms with Gasteiger partial charge < -0.3 is 19.8 Å². The van der Waals surface area contributed by atoms with Crippen LogP contribution in [0.15, 0.2) is 53.6 Å². The number of nitrogens with zero attached hydrogens (tertiary/aromatic N) is 2. The van der Waals surface area contributed by atoms with Crippen molar-refractivity contribution in [3.8, 4) is 5.75 Å². The molecule has 1 unspecified atom stereocenters. The molecule has 2 N–H and O–H groups in total.